The van der Waals surface area contributed by atoms with E-state index in [-0.39, 0.29) is 5.56 Å². The first-order valence-electron chi connectivity index (χ1n) is 8.00. The van der Waals surface area contributed by atoms with Crippen LogP contribution in [0.2, 0.25) is 0 Å². The van der Waals surface area contributed by atoms with Crippen molar-refractivity contribution in [3.8, 4) is 11.8 Å². The molecule has 1 aromatic carbocycles. The van der Waals surface area contributed by atoms with Gasteiger partial charge in [-0.25, -0.2) is 0 Å². The Bertz CT molecular complexity index is 1050. The van der Waals surface area contributed by atoms with Gasteiger partial charge in [-0.05, 0) is 55.0 Å². The molecule has 1 N–H and O–H groups in total. The SMILES string of the molecule is Cc1ccc(C(=O)NCc2ccncc2)c(=O)n1-c1cccc(C#N)c1. The van der Waals surface area contributed by atoms with Gasteiger partial charge in [0, 0.05) is 24.6 Å². The largest absolute Gasteiger partial charge is 0.348 e. The quantitative estimate of drug-likeness (QED) is 0.787. The Balaban J connectivity index is 1.93. The topological polar surface area (TPSA) is 87.8 Å². The maximum absolute atomic E-state index is 12.9. The summed E-state index contributed by atoms with van der Waals surface area (Å²) in [6.07, 6.45) is 3.28. The highest BCUT2D eigenvalue weighted by Gasteiger charge is 2.15. The van der Waals surface area contributed by atoms with Crippen LogP contribution in [0.5, 0.6) is 0 Å². The number of hydrogen-bond acceptors (Lipinski definition) is 4. The molecule has 0 atom stereocenters. The molecule has 0 aliphatic rings. The highest BCUT2D eigenvalue weighted by atomic mass is 16.2. The predicted molar refractivity (Wildman–Crippen MR) is 96.9 cm³/mol. The first-order chi connectivity index (χ1) is 12.6. The van der Waals surface area contributed by atoms with Gasteiger partial charge in [0.05, 0.1) is 17.3 Å². The van der Waals surface area contributed by atoms with Crippen LogP contribution in [0.4, 0.5) is 0 Å². The van der Waals surface area contributed by atoms with Crippen LogP contribution >= 0.6 is 0 Å². The van der Waals surface area contributed by atoms with Crippen LogP contribution in [0.15, 0.2) is 65.7 Å². The summed E-state index contributed by atoms with van der Waals surface area (Å²) < 4.78 is 1.43. The summed E-state index contributed by atoms with van der Waals surface area (Å²) in [5.41, 5.74) is 2.19. The van der Waals surface area contributed by atoms with Gasteiger partial charge >= 0.3 is 0 Å². The standard InChI is InChI=1S/C20H16N4O2/c1-14-5-6-18(19(25)23-13-15-7-9-22-10-8-15)20(26)24(14)17-4-2-3-16(11-17)12-21/h2-11H,13H2,1H3,(H,23,25). The summed E-state index contributed by atoms with van der Waals surface area (Å²) >= 11 is 0. The number of aromatic nitrogens is 2. The molecule has 0 fully saturated rings. The zero-order chi connectivity index (χ0) is 18.5. The van der Waals surface area contributed by atoms with Crippen LogP contribution in [0.25, 0.3) is 5.69 Å². The molecule has 3 rings (SSSR count). The second kappa shape index (κ2) is 7.45. The van der Waals surface area contributed by atoms with Crippen molar-refractivity contribution in [2.45, 2.75) is 13.5 Å². The van der Waals surface area contributed by atoms with Gasteiger partial charge in [0.15, 0.2) is 0 Å². The van der Waals surface area contributed by atoms with E-state index in [9.17, 15) is 9.59 Å². The maximum atomic E-state index is 12.9. The number of amides is 1. The molecule has 3 aromatic rings. The molecule has 2 heterocycles. The molecule has 1 amide bonds. The average molecular weight is 344 g/mol. The molecule has 6 nitrogen and oxygen atoms in total. The maximum Gasteiger partial charge on any atom is 0.268 e. The summed E-state index contributed by atoms with van der Waals surface area (Å²) in [4.78, 5) is 29.2. The molecule has 0 aliphatic heterocycles. The van der Waals surface area contributed by atoms with E-state index in [4.69, 9.17) is 5.26 Å². The Kier molecular flexibility index (Phi) is 4.90. The molecular weight excluding hydrogens is 328 g/mol. The van der Waals surface area contributed by atoms with Crippen molar-refractivity contribution in [2.75, 3.05) is 0 Å². The van der Waals surface area contributed by atoms with Crippen molar-refractivity contribution in [1.82, 2.24) is 14.9 Å². The fourth-order valence-electron chi connectivity index (χ4n) is 2.62. The Morgan fingerprint density at radius 1 is 1.19 bits per heavy atom. The van der Waals surface area contributed by atoms with Gasteiger partial charge in [-0.3, -0.25) is 19.1 Å². The minimum atomic E-state index is -0.447. The molecule has 128 valence electrons. The van der Waals surface area contributed by atoms with Crippen LogP contribution in [0.3, 0.4) is 0 Å². The lowest BCUT2D eigenvalue weighted by atomic mass is 10.1. The van der Waals surface area contributed by atoms with Crippen molar-refractivity contribution < 1.29 is 4.79 Å². The number of hydrogen-bond donors (Lipinski definition) is 1. The number of carbonyl (C=O) groups is 1. The normalized spacial score (nSPS) is 10.2. The van der Waals surface area contributed by atoms with Gasteiger partial charge in [-0.2, -0.15) is 5.26 Å². The smallest absolute Gasteiger partial charge is 0.268 e. The number of nitriles is 1. The molecule has 0 unspecified atom stereocenters. The fourth-order valence-corrected chi connectivity index (χ4v) is 2.62. The van der Waals surface area contributed by atoms with Gasteiger partial charge in [0.2, 0.25) is 0 Å². The molecule has 0 aliphatic carbocycles. The van der Waals surface area contributed by atoms with Gasteiger partial charge in [-0.15, -0.1) is 0 Å². The van der Waals surface area contributed by atoms with Crippen molar-refractivity contribution in [1.29, 1.82) is 5.26 Å². The molecule has 26 heavy (non-hydrogen) atoms. The first kappa shape index (κ1) is 17.1. The van der Waals surface area contributed by atoms with E-state index in [1.807, 2.05) is 0 Å². The van der Waals surface area contributed by atoms with Crippen LogP contribution in [-0.4, -0.2) is 15.5 Å². The average Bonchev–Trinajstić information content (AvgIpc) is 2.67. The highest BCUT2D eigenvalue weighted by molar-refractivity contribution is 5.93. The van der Waals surface area contributed by atoms with E-state index in [0.717, 1.165) is 5.56 Å². The van der Waals surface area contributed by atoms with Gasteiger partial charge in [-0.1, -0.05) is 6.07 Å². The second-order valence-corrected chi connectivity index (χ2v) is 5.73. The fraction of sp³-hybridized carbons (Fsp3) is 0.100. The third kappa shape index (κ3) is 3.52. The Morgan fingerprint density at radius 3 is 2.69 bits per heavy atom. The summed E-state index contributed by atoms with van der Waals surface area (Å²) in [5, 5.41) is 11.8. The van der Waals surface area contributed by atoms with Crippen molar-refractivity contribution in [2.24, 2.45) is 0 Å². The Hall–Kier alpha value is -3.72. The van der Waals surface area contributed by atoms with Crippen molar-refractivity contribution in [3.05, 3.63) is 93.7 Å². The van der Waals surface area contributed by atoms with Gasteiger partial charge in [0.1, 0.15) is 5.56 Å². The van der Waals surface area contributed by atoms with Crippen molar-refractivity contribution >= 4 is 5.91 Å². The zero-order valence-electron chi connectivity index (χ0n) is 14.1. The number of aryl methyl sites for hydroxylation is 1. The third-order valence-electron chi connectivity index (χ3n) is 3.96. The van der Waals surface area contributed by atoms with E-state index in [0.29, 0.717) is 23.5 Å². The number of carbonyl (C=O) groups excluding carboxylic acids is 1. The lowest BCUT2D eigenvalue weighted by Gasteiger charge is -2.12. The number of rotatable bonds is 4. The summed E-state index contributed by atoms with van der Waals surface area (Å²) in [5.74, 6) is -0.447. The van der Waals surface area contributed by atoms with E-state index < -0.39 is 11.5 Å². The number of nitrogens with one attached hydrogen (secondary N) is 1. The Morgan fingerprint density at radius 2 is 1.96 bits per heavy atom. The minimum absolute atomic E-state index is 0.0482. The van der Waals surface area contributed by atoms with E-state index in [1.165, 1.54) is 10.6 Å². The van der Waals surface area contributed by atoms with Crippen LogP contribution in [-0.2, 0) is 6.54 Å². The van der Waals surface area contributed by atoms with Crippen LogP contribution in [0, 0.1) is 18.3 Å². The highest BCUT2D eigenvalue weighted by Crippen LogP contribution is 2.11. The number of benzene rings is 1. The Labute approximate surface area is 150 Å². The molecule has 0 radical (unpaired) electrons. The molecule has 0 saturated heterocycles. The van der Waals surface area contributed by atoms with Gasteiger partial charge < -0.3 is 5.32 Å². The summed E-state index contributed by atoms with van der Waals surface area (Å²) in [6, 6.07) is 15.6. The number of pyridine rings is 2. The summed E-state index contributed by atoms with van der Waals surface area (Å²) in [6.45, 7) is 2.08. The molecule has 0 spiro atoms. The van der Waals surface area contributed by atoms with Crippen molar-refractivity contribution in [3.63, 3.8) is 0 Å². The molecule has 0 saturated carbocycles. The van der Waals surface area contributed by atoms with Crippen LogP contribution < -0.4 is 10.9 Å². The molecule has 0 bridgehead atoms. The third-order valence-corrected chi connectivity index (χ3v) is 3.96. The monoisotopic (exact) mass is 344 g/mol. The van der Waals surface area contributed by atoms with E-state index in [2.05, 4.69) is 16.4 Å². The minimum Gasteiger partial charge on any atom is -0.348 e. The second-order valence-electron chi connectivity index (χ2n) is 5.73. The van der Waals surface area contributed by atoms with Crippen LogP contribution in [0.1, 0.15) is 27.2 Å². The number of nitrogens with zero attached hydrogens (tertiary/aromatic N) is 3. The lowest BCUT2D eigenvalue weighted by Crippen LogP contribution is -2.33. The molecule has 6 heteroatoms. The first-order valence-corrected chi connectivity index (χ1v) is 8.00. The molecule has 2 aromatic heterocycles. The van der Waals surface area contributed by atoms with Gasteiger partial charge in [0.25, 0.3) is 11.5 Å². The predicted octanol–water partition coefficient (Wildman–Crippen LogP) is 2.34. The zero-order valence-corrected chi connectivity index (χ0v) is 14.1. The summed E-state index contributed by atoms with van der Waals surface area (Å²) in [7, 11) is 0. The lowest BCUT2D eigenvalue weighted by molar-refractivity contribution is 0.0949. The molecular formula is C20H16N4O2. The van der Waals surface area contributed by atoms with E-state index in [1.54, 1.807) is 61.8 Å². The van der Waals surface area contributed by atoms with E-state index >= 15 is 0 Å².